The van der Waals surface area contributed by atoms with Gasteiger partial charge in [-0.1, -0.05) is 0 Å². The van der Waals surface area contributed by atoms with E-state index in [-0.39, 0.29) is 11.2 Å². The van der Waals surface area contributed by atoms with E-state index in [4.69, 9.17) is 5.73 Å². The molecule has 0 bridgehead atoms. The zero-order chi connectivity index (χ0) is 12.2. The van der Waals surface area contributed by atoms with Crippen LogP contribution in [0.25, 0.3) is 0 Å². The van der Waals surface area contributed by atoms with Gasteiger partial charge in [0.25, 0.3) is 0 Å². The molecule has 1 heterocycles. The standard InChI is InChI=1S/C11H17N3O2/c1-11(2,7-12)14-8-4-5-13-9(6-8)10(15)16-3/h4-6H,7,12H2,1-3H3,(H,13,14). The topological polar surface area (TPSA) is 77.2 Å². The molecule has 0 fully saturated rings. The summed E-state index contributed by atoms with van der Waals surface area (Å²) in [5, 5.41) is 3.21. The van der Waals surface area contributed by atoms with E-state index >= 15 is 0 Å². The molecule has 0 spiro atoms. The minimum absolute atomic E-state index is 0.227. The Kier molecular flexibility index (Phi) is 3.84. The summed E-state index contributed by atoms with van der Waals surface area (Å²) in [6.45, 7) is 4.44. The lowest BCUT2D eigenvalue weighted by atomic mass is 10.1. The van der Waals surface area contributed by atoms with Crippen LogP contribution in [0, 0.1) is 0 Å². The van der Waals surface area contributed by atoms with E-state index in [1.165, 1.54) is 7.11 Å². The molecule has 0 aliphatic rings. The van der Waals surface area contributed by atoms with Crippen LogP contribution in [0.5, 0.6) is 0 Å². The Morgan fingerprint density at radius 3 is 2.88 bits per heavy atom. The van der Waals surface area contributed by atoms with E-state index in [2.05, 4.69) is 15.0 Å². The summed E-state index contributed by atoms with van der Waals surface area (Å²) in [4.78, 5) is 15.2. The zero-order valence-corrected chi connectivity index (χ0v) is 9.78. The second-order valence-corrected chi connectivity index (χ2v) is 4.13. The number of esters is 1. The number of hydrogen-bond donors (Lipinski definition) is 2. The van der Waals surface area contributed by atoms with Crippen LogP contribution in [0.4, 0.5) is 5.69 Å². The Balaban J connectivity index is 2.87. The second-order valence-electron chi connectivity index (χ2n) is 4.13. The zero-order valence-electron chi connectivity index (χ0n) is 9.78. The lowest BCUT2D eigenvalue weighted by Crippen LogP contribution is -2.39. The van der Waals surface area contributed by atoms with Crippen molar-refractivity contribution >= 4 is 11.7 Å². The highest BCUT2D eigenvalue weighted by atomic mass is 16.5. The Labute approximate surface area is 95.0 Å². The SMILES string of the molecule is COC(=O)c1cc(NC(C)(C)CN)ccn1. The molecule has 5 heteroatoms. The number of aromatic nitrogens is 1. The highest BCUT2D eigenvalue weighted by Gasteiger charge is 2.15. The van der Waals surface area contributed by atoms with Crippen molar-refractivity contribution in [2.75, 3.05) is 19.0 Å². The fraction of sp³-hybridized carbons (Fsp3) is 0.455. The van der Waals surface area contributed by atoms with Crippen LogP contribution in [0.1, 0.15) is 24.3 Å². The number of hydrogen-bond acceptors (Lipinski definition) is 5. The van der Waals surface area contributed by atoms with E-state index in [0.29, 0.717) is 6.54 Å². The van der Waals surface area contributed by atoms with Gasteiger partial charge in [0, 0.05) is 24.0 Å². The first-order chi connectivity index (χ1) is 7.48. The predicted octanol–water partition coefficient (Wildman–Crippen LogP) is 1.02. The van der Waals surface area contributed by atoms with Gasteiger partial charge < -0.3 is 15.8 Å². The summed E-state index contributed by atoms with van der Waals surface area (Å²) >= 11 is 0. The molecule has 0 aliphatic carbocycles. The van der Waals surface area contributed by atoms with Gasteiger partial charge in [0.05, 0.1) is 7.11 Å². The van der Waals surface area contributed by atoms with Gasteiger partial charge in [-0.2, -0.15) is 0 Å². The first kappa shape index (κ1) is 12.4. The average Bonchev–Trinajstić information content (AvgIpc) is 2.28. The normalized spacial score (nSPS) is 11.0. The first-order valence-electron chi connectivity index (χ1n) is 5.01. The quantitative estimate of drug-likeness (QED) is 0.745. The first-order valence-corrected chi connectivity index (χ1v) is 5.01. The molecule has 0 amide bonds. The van der Waals surface area contributed by atoms with Crippen LogP contribution in [-0.4, -0.2) is 30.1 Å². The van der Waals surface area contributed by atoms with Gasteiger partial charge in [-0.25, -0.2) is 9.78 Å². The summed E-state index contributed by atoms with van der Waals surface area (Å²) in [7, 11) is 1.33. The molecule has 1 aromatic heterocycles. The minimum atomic E-state index is -0.450. The van der Waals surface area contributed by atoms with Gasteiger partial charge in [-0.3, -0.25) is 0 Å². The molecule has 0 saturated heterocycles. The number of nitrogens with one attached hydrogen (secondary N) is 1. The Hall–Kier alpha value is -1.62. The Morgan fingerprint density at radius 2 is 2.31 bits per heavy atom. The van der Waals surface area contributed by atoms with Crippen molar-refractivity contribution in [1.29, 1.82) is 0 Å². The summed E-state index contributed by atoms with van der Waals surface area (Å²) in [6, 6.07) is 3.42. The van der Waals surface area contributed by atoms with Crippen molar-refractivity contribution in [2.45, 2.75) is 19.4 Å². The molecule has 1 rings (SSSR count). The average molecular weight is 223 g/mol. The monoisotopic (exact) mass is 223 g/mol. The number of pyridine rings is 1. The molecule has 0 unspecified atom stereocenters. The highest BCUT2D eigenvalue weighted by molar-refractivity contribution is 5.88. The summed E-state index contributed by atoms with van der Waals surface area (Å²) in [5.41, 5.74) is 6.46. The highest BCUT2D eigenvalue weighted by Crippen LogP contribution is 2.14. The van der Waals surface area contributed by atoms with E-state index in [1.807, 2.05) is 13.8 Å². The molecule has 5 nitrogen and oxygen atoms in total. The Bertz CT molecular complexity index is 377. The minimum Gasteiger partial charge on any atom is -0.464 e. The lowest BCUT2D eigenvalue weighted by Gasteiger charge is -2.25. The smallest absolute Gasteiger partial charge is 0.356 e. The third kappa shape index (κ3) is 3.20. The number of anilines is 1. The molecule has 0 radical (unpaired) electrons. The number of carbonyl (C=O) groups excluding carboxylic acids is 1. The van der Waals surface area contributed by atoms with Crippen LogP contribution in [0.2, 0.25) is 0 Å². The summed E-state index contributed by atoms with van der Waals surface area (Å²) in [5.74, 6) is -0.450. The molecule has 0 atom stereocenters. The summed E-state index contributed by atoms with van der Waals surface area (Å²) in [6.07, 6.45) is 1.56. The maximum absolute atomic E-state index is 11.3. The van der Waals surface area contributed by atoms with Gasteiger partial charge in [-0.15, -0.1) is 0 Å². The van der Waals surface area contributed by atoms with Crippen LogP contribution in [0.15, 0.2) is 18.3 Å². The van der Waals surface area contributed by atoms with Crippen LogP contribution in [0.3, 0.4) is 0 Å². The van der Waals surface area contributed by atoms with Gasteiger partial charge in [0.2, 0.25) is 0 Å². The molecular formula is C11H17N3O2. The molecule has 88 valence electrons. The Morgan fingerprint density at radius 1 is 1.62 bits per heavy atom. The van der Waals surface area contributed by atoms with Gasteiger partial charge >= 0.3 is 5.97 Å². The molecular weight excluding hydrogens is 206 g/mol. The van der Waals surface area contributed by atoms with Crippen molar-refractivity contribution < 1.29 is 9.53 Å². The van der Waals surface area contributed by atoms with Crippen LogP contribution >= 0.6 is 0 Å². The molecule has 1 aromatic rings. The maximum Gasteiger partial charge on any atom is 0.356 e. The van der Waals surface area contributed by atoms with Gasteiger partial charge in [-0.05, 0) is 26.0 Å². The lowest BCUT2D eigenvalue weighted by molar-refractivity contribution is 0.0594. The third-order valence-corrected chi connectivity index (χ3v) is 2.15. The van der Waals surface area contributed by atoms with Crippen molar-refractivity contribution in [3.05, 3.63) is 24.0 Å². The van der Waals surface area contributed by atoms with E-state index in [1.54, 1.807) is 18.3 Å². The fourth-order valence-electron chi connectivity index (χ4n) is 1.17. The summed E-state index contributed by atoms with van der Waals surface area (Å²) < 4.78 is 4.59. The van der Waals surface area contributed by atoms with Crippen molar-refractivity contribution in [2.24, 2.45) is 5.73 Å². The van der Waals surface area contributed by atoms with Crippen LogP contribution in [-0.2, 0) is 4.74 Å². The van der Waals surface area contributed by atoms with Crippen molar-refractivity contribution in [3.63, 3.8) is 0 Å². The predicted molar refractivity (Wildman–Crippen MR) is 62.3 cm³/mol. The van der Waals surface area contributed by atoms with E-state index in [9.17, 15) is 4.79 Å². The number of nitrogens with zero attached hydrogens (tertiary/aromatic N) is 1. The third-order valence-electron chi connectivity index (χ3n) is 2.15. The maximum atomic E-state index is 11.3. The van der Waals surface area contributed by atoms with Gasteiger partial charge in [0.1, 0.15) is 5.69 Å². The molecule has 16 heavy (non-hydrogen) atoms. The molecule has 0 saturated carbocycles. The number of rotatable bonds is 4. The van der Waals surface area contributed by atoms with E-state index < -0.39 is 5.97 Å². The van der Waals surface area contributed by atoms with Gasteiger partial charge in [0.15, 0.2) is 0 Å². The van der Waals surface area contributed by atoms with Crippen molar-refractivity contribution in [1.82, 2.24) is 4.98 Å². The largest absolute Gasteiger partial charge is 0.464 e. The second kappa shape index (κ2) is 4.94. The number of carbonyl (C=O) groups is 1. The van der Waals surface area contributed by atoms with Crippen LogP contribution < -0.4 is 11.1 Å². The molecule has 3 N–H and O–H groups in total. The van der Waals surface area contributed by atoms with Crippen molar-refractivity contribution in [3.8, 4) is 0 Å². The van der Waals surface area contributed by atoms with E-state index in [0.717, 1.165) is 5.69 Å². The fourth-order valence-corrected chi connectivity index (χ4v) is 1.17. The number of ether oxygens (including phenoxy) is 1. The number of nitrogens with two attached hydrogens (primary N) is 1. The molecule has 0 aliphatic heterocycles. The molecule has 0 aromatic carbocycles. The number of methoxy groups -OCH3 is 1.